The Morgan fingerprint density at radius 3 is 2.65 bits per heavy atom. The maximum atomic E-state index is 12.5. The summed E-state index contributed by atoms with van der Waals surface area (Å²) in [6.07, 6.45) is 0.764. The van der Waals surface area contributed by atoms with Gasteiger partial charge >= 0.3 is 0 Å². The topological polar surface area (TPSA) is 86.1 Å². The SMILES string of the molecule is COc1cccc(-c2ccc(=O)n(CCCC(=O)Nc3ccc(-c4nc5ccc(C)cc5s4)cc3)n2)c1. The third kappa shape index (κ3) is 5.76. The number of aromatic nitrogens is 3. The van der Waals surface area contributed by atoms with Gasteiger partial charge in [0.05, 0.1) is 23.0 Å². The highest BCUT2D eigenvalue weighted by Crippen LogP contribution is 2.31. The van der Waals surface area contributed by atoms with E-state index in [0.29, 0.717) is 18.7 Å². The number of carbonyl (C=O) groups excluding carboxylic acids is 1. The number of anilines is 1. The van der Waals surface area contributed by atoms with E-state index in [9.17, 15) is 9.59 Å². The molecule has 0 saturated carbocycles. The number of methoxy groups -OCH3 is 1. The van der Waals surface area contributed by atoms with Crippen LogP contribution in [0.3, 0.4) is 0 Å². The zero-order valence-electron chi connectivity index (χ0n) is 20.6. The van der Waals surface area contributed by atoms with E-state index in [1.54, 1.807) is 24.5 Å². The van der Waals surface area contributed by atoms with Crippen LogP contribution in [0, 0.1) is 6.92 Å². The molecule has 0 aliphatic carbocycles. The molecule has 0 aliphatic rings. The number of carbonyl (C=O) groups is 1. The van der Waals surface area contributed by atoms with Gasteiger partial charge in [0.15, 0.2) is 0 Å². The van der Waals surface area contributed by atoms with E-state index in [1.807, 2.05) is 54.6 Å². The summed E-state index contributed by atoms with van der Waals surface area (Å²) >= 11 is 1.66. The van der Waals surface area contributed by atoms with Gasteiger partial charge < -0.3 is 10.1 Å². The Labute approximate surface area is 218 Å². The lowest BCUT2D eigenvalue weighted by molar-refractivity contribution is -0.116. The normalized spacial score (nSPS) is 11.0. The summed E-state index contributed by atoms with van der Waals surface area (Å²) < 4.78 is 7.83. The second kappa shape index (κ2) is 10.8. The first-order valence-electron chi connectivity index (χ1n) is 12.0. The standard InChI is InChI=1S/C29H26N4O3S/c1-19-8-13-25-26(17-19)37-29(31-25)20-9-11-22(12-10-20)30-27(34)7-4-16-33-28(35)15-14-24(32-33)21-5-3-6-23(18-21)36-2/h3,5-6,8-15,17-18H,4,7,16H2,1-2H3,(H,30,34). The second-order valence-electron chi connectivity index (χ2n) is 8.73. The zero-order valence-corrected chi connectivity index (χ0v) is 21.4. The van der Waals surface area contributed by atoms with Crippen molar-refractivity contribution in [1.29, 1.82) is 0 Å². The summed E-state index contributed by atoms with van der Waals surface area (Å²) in [5.74, 6) is 0.608. The van der Waals surface area contributed by atoms with Crippen molar-refractivity contribution < 1.29 is 9.53 Å². The van der Waals surface area contributed by atoms with Gasteiger partial charge in [-0.25, -0.2) is 9.67 Å². The average molecular weight is 511 g/mol. The molecule has 1 N–H and O–H groups in total. The van der Waals surface area contributed by atoms with Crippen molar-refractivity contribution in [2.45, 2.75) is 26.3 Å². The van der Waals surface area contributed by atoms with E-state index in [0.717, 1.165) is 37.8 Å². The molecule has 8 heteroatoms. The number of amides is 1. The molecular weight excluding hydrogens is 484 g/mol. The molecule has 2 heterocycles. The van der Waals surface area contributed by atoms with E-state index in [2.05, 4.69) is 29.5 Å². The van der Waals surface area contributed by atoms with Gasteiger partial charge in [-0.3, -0.25) is 9.59 Å². The molecule has 5 aromatic rings. The third-order valence-electron chi connectivity index (χ3n) is 5.97. The molecule has 37 heavy (non-hydrogen) atoms. The van der Waals surface area contributed by atoms with E-state index in [-0.39, 0.29) is 17.9 Å². The minimum atomic E-state index is -0.201. The largest absolute Gasteiger partial charge is 0.497 e. The molecule has 0 fully saturated rings. The quantitative estimate of drug-likeness (QED) is 0.280. The molecule has 2 aromatic heterocycles. The Bertz CT molecular complexity index is 1620. The van der Waals surface area contributed by atoms with Gasteiger partial charge in [0.25, 0.3) is 5.56 Å². The third-order valence-corrected chi connectivity index (χ3v) is 7.03. The summed E-state index contributed by atoms with van der Waals surface area (Å²) in [6.45, 7) is 2.42. The number of hydrogen-bond donors (Lipinski definition) is 1. The number of fused-ring (bicyclic) bond motifs is 1. The first kappa shape index (κ1) is 24.4. The summed E-state index contributed by atoms with van der Waals surface area (Å²) in [5.41, 5.74) is 5.27. The van der Waals surface area contributed by atoms with Crippen LogP contribution in [0.4, 0.5) is 5.69 Å². The fourth-order valence-electron chi connectivity index (χ4n) is 4.01. The van der Waals surface area contributed by atoms with Crippen molar-refractivity contribution in [2.24, 2.45) is 0 Å². The van der Waals surface area contributed by atoms with Gasteiger partial charge in [-0.05, 0) is 73.5 Å². The van der Waals surface area contributed by atoms with Crippen molar-refractivity contribution in [3.05, 3.63) is 94.8 Å². The molecule has 186 valence electrons. The Morgan fingerprint density at radius 2 is 1.84 bits per heavy atom. The molecule has 0 spiro atoms. The fraction of sp³-hybridized carbons (Fsp3) is 0.172. The maximum absolute atomic E-state index is 12.5. The van der Waals surface area contributed by atoms with Gasteiger partial charge in [-0.1, -0.05) is 18.2 Å². The first-order valence-corrected chi connectivity index (χ1v) is 12.8. The second-order valence-corrected chi connectivity index (χ2v) is 9.76. The molecular formula is C29H26N4O3S. The Balaban J connectivity index is 1.18. The van der Waals surface area contributed by atoms with Crippen LogP contribution in [-0.4, -0.2) is 27.8 Å². The molecule has 0 atom stereocenters. The number of thiazole rings is 1. The highest BCUT2D eigenvalue weighted by Gasteiger charge is 2.09. The van der Waals surface area contributed by atoms with Crippen LogP contribution in [-0.2, 0) is 11.3 Å². The number of nitrogens with zero attached hydrogens (tertiary/aromatic N) is 3. The number of nitrogens with one attached hydrogen (secondary N) is 1. The van der Waals surface area contributed by atoms with Crippen LogP contribution >= 0.6 is 11.3 Å². The van der Waals surface area contributed by atoms with E-state index in [4.69, 9.17) is 9.72 Å². The van der Waals surface area contributed by atoms with Crippen molar-refractivity contribution in [1.82, 2.24) is 14.8 Å². The van der Waals surface area contributed by atoms with E-state index >= 15 is 0 Å². The summed E-state index contributed by atoms with van der Waals surface area (Å²) in [7, 11) is 1.61. The van der Waals surface area contributed by atoms with Crippen LogP contribution in [0.2, 0.25) is 0 Å². The van der Waals surface area contributed by atoms with E-state index < -0.39 is 0 Å². The van der Waals surface area contributed by atoms with Crippen LogP contribution in [0.25, 0.3) is 32.0 Å². The summed E-state index contributed by atoms with van der Waals surface area (Å²) in [6, 6.07) is 24.6. The van der Waals surface area contributed by atoms with Gasteiger partial charge in [0.1, 0.15) is 10.8 Å². The monoisotopic (exact) mass is 510 g/mol. The van der Waals surface area contributed by atoms with Crippen molar-refractivity contribution in [3.63, 3.8) is 0 Å². The lowest BCUT2D eigenvalue weighted by Crippen LogP contribution is -2.23. The molecule has 5 rings (SSSR count). The molecule has 0 aliphatic heterocycles. The number of ether oxygens (including phenoxy) is 1. The van der Waals surface area contributed by atoms with Crippen LogP contribution in [0.5, 0.6) is 5.75 Å². The van der Waals surface area contributed by atoms with Crippen LogP contribution in [0.1, 0.15) is 18.4 Å². The number of aryl methyl sites for hydroxylation is 2. The highest BCUT2D eigenvalue weighted by atomic mass is 32.1. The Morgan fingerprint density at radius 1 is 1.00 bits per heavy atom. The van der Waals surface area contributed by atoms with Gasteiger partial charge in [-0.2, -0.15) is 5.10 Å². The molecule has 0 saturated heterocycles. The van der Waals surface area contributed by atoms with Crippen LogP contribution < -0.4 is 15.6 Å². The Kier molecular flexibility index (Phi) is 7.09. The average Bonchev–Trinajstić information content (AvgIpc) is 3.33. The Hall–Kier alpha value is -4.30. The van der Waals surface area contributed by atoms with Gasteiger partial charge in [0.2, 0.25) is 5.91 Å². The maximum Gasteiger partial charge on any atom is 0.266 e. The van der Waals surface area contributed by atoms with Crippen LogP contribution in [0.15, 0.2) is 83.7 Å². The lowest BCUT2D eigenvalue weighted by Gasteiger charge is -2.09. The summed E-state index contributed by atoms with van der Waals surface area (Å²) in [4.78, 5) is 29.5. The summed E-state index contributed by atoms with van der Waals surface area (Å²) in [5, 5.41) is 8.35. The van der Waals surface area contributed by atoms with Crippen molar-refractivity contribution in [3.8, 4) is 27.6 Å². The smallest absolute Gasteiger partial charge is 0.266 e. The van der Waals surface area contributed by atoms with Crippen molar-refractivity contribution in [2.75, 3.05) is 12.4 Å². The fourth-order valence-corrected chi connectivity index (χ4v) is 5.08. The number of benzene rings is 3. The first-order chi connectivity index (χ1) is 18.0. The highest BCUT2D eigenvalue weighted by molar-refractivity contribution is 7.21. The molecule has 1 amide bonds. The molecule has 3 aromatic carbocycles. The molecule has 7 nitrogen and oxygen atoms in total. The number of rotatable bonds is 8. The van der Waals surface area contributed by atoms with Gasteiger partial charge in [0, 0.05) is 35.8 Å². The molecule has 0 bridgehead atoms. The predicted molar refractivity (Wildman–Crippen MR) is 148 cm³/mol. The molecule has 0 unspecified atom stereocenters. The zero-order chi connectivity index (χ0) is 25.8. The predicted octanol–water partition coefficient (Wildman–Crippen LogP) is 5.92. The number of hydrogen-bond acceptors (Lipinski definition) is 6. The van der Waals surface area contributed by atoms with E-state index in [1.165, 1.54) is 16.3 Å². The lowest BCUT2D eigenvalue weighted by atomic mass is 10.1. The van der Waals surface area contributed by atoms with Crippen molar-refractivity contribution >= 4 is 33.1 Å². The minimum absolute atomic E-state index is 0.111. The minimum Gasteiger partial charge on any atom is -0.497 e. The molecule has 0 radical (unpaired) electrons. The van der Waals surface area contributed by atoms with Gasteiger partial charge in [-0.15, -0.1) is 11.3 Å².